The van der Waals surface area contributed by atoms with Gasteiger partial charge in [-0.1, -0.05) is 18.1 Å². The molecular formula is C17H26O2. The maximum absolute atomic E-state index is 10.3. The number of allylic oxidation sites excluding steroid dienone is 2. The van der Waals surface area contributed by atoms with Crippen molar-refractivity contribution in [3.63, 3.8) is 0 Å². The van der Waals surface area contributed by atoms with Crippen LogP contribution in [0.1, 0.15) is 51.4 Å². The van der Waals surface area contributed by atoms with Gasteiger partial charge >= 0.3 is 0 Å². The highest BCUT2D eigenvalue weighted by Crippen LogP contribution is 2.55. The van der Waals surface area contributed by atoms with E-state index in [1.165, 1.54) is 32.1 Å². The zero-order valence-corrected chi connectivity index (χ0v) is 11.7. The summed E-state index contributed by atoms with van der Waals surface area (Å²) in [5, 5.41) is 20.2. The van der Waals surface area contributed by atoms with Crippen LogP contribution in [0, 0.1) is 29.6 Å². The van der Waals surface area contributed by atoms with Gasteiger partial charge in [0.25, 0.3) is 0 Å². The van der Waals surface area contributed by atoms with Crippen LogP contribution < -0.4 is 0 Å². The molecule has 3 fully saturated rings. The van der Waals surface area contributed by atoms with Gasteiger partial charge in [0.2, 0.25) is 0 Å². The van der Waals surface area contributed by atoms with Gasteiger partial charge in [0.15, 0.2) is 0 Å². The molecule has 0 amide bonds. The average Bonchev–Trinajstić information content (AvgIpc) is 2.91. The topological polar surface area (TPSA) is 40.5 Å². The average molecular weight is 262 g/mol. The third-order valence-electron chi connectivity index (χ3n) is 6.68. The number of fused-ring (bicyclic) bond motifs is 5. The lowest BCUT2D eigenvalue weighted by atomic mass is 9.57. The normalized spacial score (nSPS) is 52.9. The molecule has 0 aromatic carbocycles. The third-order valence-corrected chi connectivity index (χ3v) is 6.68. The van der Waals surface area contributed by atoms with Crippen LogP contribution in [0.4, 0.5) is 0 Å². The molecule has 106 valence electrons. The molecular weight excluding hydrogens is 236 g/mol. The van der Waals surface area contributed by atoms with Gasteiger partial charge in [-0.05, 0) is 74.5 Å². The monoisotopic (exact) mass is 262 g/mol. The van der Waals surface area contributed by atoms with Crippen LogP contribution in [-0.2, 0) is 0 Å². The Morgan fingerprint density at radius 2 is 1.74 bits per heavy atom. The van der Waals surface area contributed by atoms with Gasteiger partial charge in [-0.15, -0.1) is 0 Å². The van der Waals surface area contributed by atoms with E-state index in [2.05, 4.69) is 6.08 Å². The van der Waals surface area contributed by atoms with Crippen molar-refractivity contribution >= 4 is 0 Å². The van der Waals surface area contributed by atoms with E-state index in [4.69, 9.17) is 0 Å². The van der Waals surface area contributed by atoms with E-state index in [1.54, 1.807) is 5.57 Å². The van der Waals surface area contributed by atoms with E-state index < -0.39 is 12.2 Å². The predicted octanol–water partition coefficient (Wildman–Crippen LogP) is 2.89. The van der Waals surface area contributed by atoms with E-state index >= 15 is 0 Å². The Balaban J connectivity index is 1.62. The molecule has 19 heavy (non-hydrogen) atoms. The molecule has 2 nitrogen and oxygen atoms in total. The highest BCUT2D eigenvalue weighted by Gasteiger charge is 2.48. The molecule has 0 aromatic heterocycles. The first-order valence-electron chi connectivity index (χ1n) is 8.32. The minimum Gasteiger partial charge on any atom is -0.390 e. The summed E-state index contributed by atoms with van der Waals surface area (Å²) in [6.07, 6.45) is 11.5. The molecule has 0 heterocycles. The summed E-state index contributed by atoms with van der Waals surface area (Å²) in [4.78, 5) is 0. The predicted molar refractivity (Wildman–Crippen MR) is 74.5 cm³/mol. The highest BCUT2D eigenvalue weighted by molar-refractivity contribution is 5.22. The minimum absolute atomic E-state index is 0.329. The van der Waals surface area contributed by atoms with Crippen LogP contribution in [0.5, 0.6) is 0 Å². The largest absolute Gasteiger partial charge is 0.390 e. The first-order valence-corrected chi connectivity index (χ1v) is 8.32. The Morgan fingerprint density at radius 1 is 0.842 bits per heavy atom. The summed E-state index contributed by atoms with van der Waals surface area (Å²) < 4.78 is 0. The van der Waals surface area contributed by atoms with Crippen molar-refractivity contribution < 1.29 is 10.2 Å². The van der Waals surface area contributed by atoms with Gasteiger partial charge < -0.3 is 10.2 Å². The Hall–Kier alpha value is -0.340. The maximum Gasteiger partial charge on any atom is 0.0832 e. The first kappa shape index (κ1) is 12.4. The standard InChI is InChI=1S/C17H26O2/c18-16-9-8-14-13-5-4-10-2-1-3-11(10)12(13)6-7-15(14)17(16)19/h6,10-11,13-19H,1-5,7-9H2. The van der Waals surface area contributed by atoms with Crippen LogP contribution in [0.2, 0.25) is 0 Å². The fourth-order valence-corrected chi connectivity index (χ4v) is 5.79. The molecule has 2 N–H and O–H groups in total. The van der Waals surface area contributed by atoms with E-state index in [9.17, 15) is 10.2 Å². The summed E-state index contributed by atoms with van der Waals surface area (Å²) in [6.45, 7) is 0. The van der Waals surface area contributed by atoms with E-state index in [1.807, 2.05) is 0 Å². The lowest BCUT2D eigenvalue weighted by Crippen LogP contribution is -2.47. The smallest absolute Gasteiger partial charge is 0.0832 e. The van der Waals surface area contributed by atoms with Crippen molar-refractivity contribution in [1.29, 1.82) is 0 Å². The van der Waals surface area contributed by atoms with Crippen LogP contribution >= 0.6 is 0 Å². The molecule has 4 rings (SSSR count). The van der Waals surface area contributed by atoms with Gasteiger partial charge in [0.1, 0.15) is 0 Å². The molecule has 2 heteroatoms. The summed E-state index contributed by atoms with van der Waals surface area (Å²) >= 11 is 0. The second-order valence-corrected chi connectivity index (χ2v) is 7.38. The van der Waals surface area contributed by atoms with Crippen LogP contribution in [0.15, 0.2) is 11.6 Å². The van der Waals surface area contributed by atoms with Crippen LogP contribution in [0.25, 0.3) is 0 Å². The SMILES string of the molecule is OC1CCC2C3CCC4CCCC4C3=CCC2C1O. The Labute approximate surface area is 115 Å². The third kappa shape index (κ3) is 1.83. The van der Waals surface area contributed by atoms with Gasteiger partial charge in [-0.2, -0.15) is 0 Å². The number of hydrogen-bond acceptors (Lipinski definition) is 2. The van der Waals surface area contributed by atoms with Gasteiger partial charge in [-0.3, -0.25) is 0 Å². The van der Waals surface area contributed by atoms with Crippen molar-refractivity contribution in [3.8, 4) is 0 Å². The van der Waals surface area contributed by atoms with Gasteiger partial charge in [0.05, 0.1) is 12.2 Å². The summed E-state index contributed by atoms with van der Waals surface area (Å²) in [6, 6.07) is 0. The Bertz CT molecular complexity index is 389. The van der Waals surface area contributed by atoms with Crippen molar-refractivity contribution in [2.24, 2.45) is 29.6 Å². The molecule has 4 aliphatic carbocycles. The molecule has 7 unspecified atom stereocenters. The number of hydrogen-bond donors (Lipinski definition) is 2. The molecule has 7 atom stereocenters. The molecule has 0 aromatic rings. The van der Waals surface area contributed by atoms with Gasteiger partial charge in [0, 0.05) is 0 Å². The maximum atomic E-state index is 10.3. The fourth-order valence-electron chi connectivity index (χ4n) is 5.79. The second-order valence-electron chi connectivity index (χ2n) is 7.38. The number of rotatable bonds is 0. The molecule has 0 spiro atoms. The molecule has 0 radical (unpaired) electrons. The fraction of sp³-hybridized carbons (Fsp3) is 0.882. The molecule has 0 aliphatic heterocycles. The number of aliphatic hydroxyl groups excluding tert-OH is 2. The summed E-state index contributed by atoms with van der Waals surface area (Å²) in [7, 11) is 0. The van der Waals surface area contributed by atoms with E-state index in [-0.39, 0.29) is 0 Å². The van der Waals surface area contributed by atoms with Crippen LogP contribution in [-0.4, -0.2) is 22.4 Å². The molecule has 0 saturated heterocycles. The lowest BCUT2D eigenvalue weighted by Gasteiger charge is -2.49. The Kier molecular flexibility index (Phi) is 3.00. The van der Waals surface area contributed by atoms with Crippen molar-refractivity contribution in [2.75, 3.05) is 0 Å². The molecule has 3 saturated carbocycles. The number of aliphatic hydroxyl groups is 2. The zero-order valence-electron chi connectivity index (χ0n) is 11.7. The quantitative estimate of drug-likeness (QED) is 0.659. The summed E-state index contributed by atoms with van der Waals surface area (Å²) in [5.74, 6) is 3.57. The first-order chi connectivity index (χ1) is 9.25. The van der Waals surface area contributed by atoms with E-state index in [0.29, 0.717) is 11.8 Å². The summed E-state index contributed by atoms with van der Waals surface area (Å²) in [5.41, 5.74) is 1.76. The van der Waals surface area contributed by atoms with Gasteiger partial charge in [-0.25, -0.2) is 0 Å². The zero-order chi connectivity index (χ0) is 13.0. The van der Waals surface area contributed by atoms with Crippen LogP contribution in [0.3, 0.4) is 0 Å². The van der Waals surface area contributed by atoms with Crippen molar-refractivity contribution in [3.05, 3.63) is 11.6 Å². The van der Waals surface area contributed by atoms with Crippen molar-refractivity contribution in [1.82, 2.24) is 0 Å². The van der Waals surface area contributed by atoms with E-state index in [0.717, 1.165) is 37.0 Å². The highest BCUT2D eigenvalue weighted by atomic mass is 16.3. The second kappa shape index (κ2) is 4.60. The van der Waals surface area contributed by atoms with Crippen molar-refractivity contribution in [2.45, 2.75) is 63.6 Å². The Morgan fingerprint density at radius 3 is 2.63 bits per heavy atom. The lowest BCUT2D eigenvalue weighted by molar-refractivity contribution is -0.0815. The molecule has 4 aliphatic rings. The molecule has 0 bridgehead atoms. The minimum atomic E-state index is -0.474.